The summed E-state index contributed by atoms with van der Waals surface area (Å²) >= 11 is 0. The lowest BCUT2D eigenvalue weighted by Gasteiger charge is -2.11. The van der Waals surface area contributed by atoms with E-state index in [9.17, 15) is 13.2 Å². The predicted octanol–water partition coefficient (Wildman–Crippen LogP) is 2.15. The number of para-hydroxylation sites is 2. The van der Waals surface area contributed by atoms with E-state index < -0.39 is 10.1 Å². The monoisotopic (exact) mass is 271 g/mol. The van der Waals surface area contributed by atoms with Crippen LogP contribution in [0.25, 0.3) is 0 Å². The van der Waals surface area contributed by atoms with Crippen LogP contribution in [0.3, 0.4) is 0 Å². The quantitative estimate of drug-likeness (QED) is 0.805. The van der Waals surface area contributed by atoms with Gasteiger partial charge in [-0.1, -0.05) is 25.5 Å². The number of anilines is 1. The lowest BCUT2D eigenvalue weighted by atomic mass is 10.3. The van der Waals surface area contributed by atoms with Gasteiger partial charge >= 0.3 is 10.1 Å². The summed E-state index contributed by atoms with van der Waals surface area (Å²) in [6.07, 6.45) is 1.32. The van der Waals surface area contributed by atoms with E-state index in [2.05, 4.69) is 5.32 Å². The Morgan fingerprint density at radius 3 is 2.61 bits per heavy atom. The van der Waals surface area contributed by atoms with E-state index in [0.29, 0.717) is 12.1 Å². The molecule has 0 aliphatic heterocycles. The molecule has 6 heteroatoms. The molecule has 100 valence electrons. The Labute approximate surface area is 107 Å². The van der Waals surface area contributed by atoms with Crippen molar-refractivity contribution in [2.45, 2.75) is 26.7 Å². The third-order valence-corrected chi connectivity index (χ3v) is 3.38. The first-order chi connectivity index (χ1) is 8.44. The van der Waals surface area contributed by atoms with Crippen molar-refractivity contribution in [1.82, 2.24) is 0 Å². The van der Waals surface area contributed by atoms with Gasteiger partial charge in [-0.2, -0.15) is 8.42 Å². The molecule has 1 aromatic carbocycles. The molecular formula is C12H17NO4S. The number of rotatable bonds is 6. The molecule has 0 saturated carbocycles. The maximum absolute atomic E-state index is 11.7. The number of amides is 1. The fourth-order valence-electron chi connectivity index (χ4n) is 1.33. The standard InChI is InChI=1S/C12H17NO4S/c1-3-4-9-18(15,16)17-12-8-6-5-7-11(12)13-10(2)14/h5-8H,3-4,9H2,1-2H3,(H,13,14). The zero-order valence-corrected chi connectivity index (χ0v) is 11.3. The summed E-state index contributed by atoms with van der Waals surface area (Å²) in [4.78, 5) is 11.0. The second-order valence-corrected chi connectivity index (χ2v) is 5.57. The van der Waals surface area contributed by atoms with E-state index in [1.165, 1.54) is 13.0 Å². The van der Waals surface area contributed by atoms with Gasteiger partial charge < -0.3 is 9.50 Å². The average molecular weight is 271 g/mol. The fourth-order valence-corrected chi connectivity index (χ4v) is 2.48. The van der Waals surface area contributed by atoms with E-state index in [-0.39, 0.29) is 17.4 Å². The minimum absolute atomic E-state index is 0.0299. The number of carbonyl (C=O) groups is 1. The van der Waals surface area contributed by atoms with Crippen LogP contribution in [0.5, 0.6) is 5.75 Å². The fraction of sp³-hybridized carbons (Fsp3) is 0.417. The zero-order chi connectivity index (χ0) is 13.6. The van der Waals surface area contributed by atoms with Crippen molar-refractivity contribution in [3.8, 4) is 5.75 Å². The Morgan fingerprint density at radius 1 is 1.33 bits per heavy atom. The van der Waals surface area contributed by atoms with Gasteiger partial charge in [0.1, 0.15) is 0 Å². The van der Waals surface area contributed by atoms with Crippen LogP contribution >= 0.6 is 0 Å². The van der Waals surface area contributed by atoms with Gasteiger partial charge in [-0.3, -0.25) is 4.79 Å². The molecule has 0 saturated heterocycles. The topological polar surface area (TPSA) is 72.5 Å². The van der Waals surface area contributed by atoms with Crippen molar-refractivity contribution in [3.63, 3.8) is 0 Å². The average Bonchev–Trinajstić information content (AvgIpc) is 2.28. The highest BCUT2D eigenvalue weighted by atomic mass is 32.2. The molecule has 0 heterocycles. The largest absolute Gasteiger partial charge is 0.380 e. The van der Waals surface area contributed by atoms with Crippen LogP contribution in [0, 0.1) is 0 Å². The molecule has 0 radical (unpaired) electrons. The smallest absolute Gasteiger partial charge is 0.309 e. The molecule has 0 bridgehead atoms. The zero-order valence-electron chi connectivity index (χ0n) is 10.5. The van der Waals surface area contributed by atoms with Crippen LogP contribution in [-0.4, -0.2) is 20.1 Å². The van der Waals surface area contributed by atoms with E-state index in [0.717, 1.165) is 6.42 Å². The van der Waals surface area contributed by atoms with E-state index in [1.54, 1.807) is 18.2 Å². The summed E-state index contributed by atoms with van der Waals surface area (Å²) in [6.45, 7) is 3.25. The molecule has 18 heavy (non-hydrogen) atoms. The van der Waals surface area contributed by atoms with Gasteiger partial charge in [-0.15, -0.1) is 0 Å². The summed E-state index contributed by atoms with van der Waals surface area (Å²) < 4.78 is 28.3. The minimum Gasteiger partial charge on any atom is -0.380 e. The van der Waals surface area contributed by atoms with Gasteiger partial charge in [-0.25, -0.2) is 0 Å². The molecule has 0 spiro atoms. The Morgan fingerprint density at radius 2 is 2.00 bits per heavy atom. The minimum atomic E-state index is -3.61. The van der Waals surface area contributed by atoms with E-state index in [4.69, 9.17) is 4.18 Å². The number of benzene rings is 1. The lowest BCUT2D eigenvalue weighted by Crippen LogP contribution is -2.15. The molecule has 0 aliphatic rings. The molecular weight excluding hydrogens is 254 g/mol. The maximum atomic E-state index is 11.7. The molecule has 0 atom stereocenters. The van der Waals surface area contributed by atoms with Crippen LogP contribution in [0.4, 0.5) is 5.69 Å². The van der Waals surface area contributed by atoms with Gasteiger partial charge in [0.15, 0.2) is 5.75 Å². The van der Waals surface area contributed by atoms with Crippen LogP contribution in [0.2, 0.25) is 0 Å². The van der Waals surface area contributed by atoms with Crippen molar-refractivity contribution >= 4 is 21.7 Å². The predicted molar refractivity (Wildman–Crippen MR) is 70.1 cm³/mol. The first-order valence-electron chi connectivity index (χ1n) is 5.73. The molecule has 5 nitrogen and oxygen atoms in total. The summed E-state index contributed by atoms with van der Waals surface area (Å²) in [6, 6.07) is 6.44. The summed E-state index contributed by atoms with van der Waals surface area (Å²) in [7, 11) is -3.61. The molecule has 0 aliphatic carbocycles. The number of unbranched alkanes of at least 4 members (excludes halogenated alkanes) is 1. The van der Waals surface area contributed by atoms with Crippen LogP contribution in [0.1, 0.15) is 26.7 Å². The normalized spacial score (nSPS) is 11.0. The maximum Gasteiger partial charge on any atom is 0.309 e. The number of hydrogen-bond donors (Lipinski definition) is 1. The van der Waals surface area contributed by atoms with Crippen LogP contribution < -0.4 is 9.50 Å². The first-order valence-corrected chi connectivity index (χ1v) is 7.31. The number of carbonyl (C=O) groups excluding carboxylic acids is 1. The van der Waals surface area contributed by atoms with Gasteiger partial charge in [0.25, 0.3) is 0 Å². The Balaban J connectivity index is 2.86. The molecule has 1 amide bonds. The summed E-state index contributed by atoms with van der Waals surface area (Å²) in [5.74, 6) is -0.168. The molecule has 1 aromatic rings. The third-order valence-electron chi connectivity index (χ3n) is 2.16. The highest BCUT2D eigenvalue weighted by Gasteiger charge is 2.14. The van der Waals surface area contributed by atoms with Crippen molar-refractivity contribution in [3.05, 3.63) is 24.3 Å². The second-order valence-electron chi connectivity index (χ2n) is 3.88. The second kappa shape index (κ2) is 6.39. The number of hydrogen-bond acceptors (Lipinski definition) is 4. The highest BCUT2D eigenvalue weighted by Crippen LogP contribution is 2.25. The Kier molecular flexibility index (Phi) is 5.15. The molecule has 1 rings (SSSR count). The van der Waals surface area contributed by atoms with E-state index in [1.807, 2.05) is 6.92 Å². The van der Waals surface area contributed by atoms with Crippen LogP contribution in [-0.2, 0) is 14.9 Å². The van der Waals surface area contributed by atoms with E-state index >= 15 is 0 Å². The van der Waals surface area contributed by atoms with Crippen molar-refractivity contribution in [2.75, 3.05) is 11.1 Å². The Bertz CT molecular complexity index is 511. The van der Waals surface area contributed by atoms with Gasteiger partial charge in [-0.05, 0) is 18.6 Å². The highest BCUT2D eigenvalue weighted by molar-refractivity contribution is 7.87. The molecule has 0 fully saturated rings. The summed E-state index contributed by atoms with van der Waals surface area (Å²) in [5.41, 5.74) is 0.352. The third kappa shape index (κ3) is 4.75. The molecule has 0 unspecified atom stereocenters. The lowest BCUT2D eigenvalue weighted by molar-refractivity contribution is -0.114. The van der Waals surface area contributed by atoms with Gasteiger partial charge in [0.2, 0.25) is 5.91 Å². The summed E-state index contributed by atoms with van der Waals surface area (Å²) in [5, 5.41) is 2.52. The molecule has 0 aromatic heterocycles. The first kappa shape index (κ1) is 14.5. The van der Waals surface area contributed by atoms with Gasteiger partial charge in [0, 0.05) is 6.92 Å². The number of nitrogens with one attached hydrogen (secondary N) is 1. The SMILES string of the molecule is CCCCS(=O)(=O)Oc1ccccc1NC(C)=O. The van der Waals surface area contributed by atoms with Crippen molar-refractivity contribution in [2.24, 2.45) is 0 Å². The van der Waals surface area contributed by atoms with Crippen molar-refractivity contribution < 1.29 is 17.4 Å². The molecule has 1 N–H and O–H groups in total. The van der Waals surface area contributed by atoms with Crippen molar-refractivity contribution in [1.29, 1.82) is 0 Å². The van der Waals surface area contributed by atoms with Crippen LogP contribution in [0.15, 0.2) is 24.3 Å². The van der Waals surface area contributed by atoms with Gasteiger partial charge in [0.05, 0.1) is 11.4 Å². The Hall–Kier alpha value is -1.56.